The van der Waals surface area contributed by atoms with E-state index in [0.717, 1.165) is 29.8 Å². The highest BCUT2D eigenvalue weighted by molar-refractivity contribution is 5.84. The van der Waals surface area contributed by atoms with Gasteiger partial charge < -0.3 is 19.3 Å². The first-order valence-corrected chi connectivity index (χ1v) is 11.3. The zero-order chi connectivity index (χ0) is 22.3. The lowest BCUT2D eigenvalue weighted by Crippen LogP contribution is -2.49. The minimum absolute atomic E-state index is 0.110. The monoisotopic (exact) mass is 437 g/mol. The van der Waals surface area contributed by atoms with Crippen LogP contribution in [0.5, 0.6) is 5.75 Å². The fourth-order valence-corrected chi connectivity index (χ4v) is 4.45. The van der Waals surface area contributed by atoms with E-state index in [-0.39, 0.29) is 23.8 Å². The van der Waals surface area contributed by atoms with Crippen molar-refractivity contribution in [1.82, 2.24) is 14.8 Å². The van der Waals surface area contributed by atoms with E-state index < -0.39 is 0 Å². The highest BCUT2D eigenvalue weighted by Gasteiger charge is 2.34. The predicted octanol–water partition coefficient (Wildman–Crippen LogP) is 3.04. The highest BCUT2D eigenvalue weighted by atomic mass is 16.5. The Labute approximate surface area is 189 Å². The first-order chi connectivity index (χ1) is 15.6. The average Bonchev–Trinajstić information content (AvgIpc) is 2.85. The summed E-state index contributed by atoms with van der Waals surface area (Å²) >= 11 is 0. The number of carbonyl (C=O) groups is 2. The zero-order valence-electron chi connectivity index (χ0n) is 18.6. The molecule has 2 aliphatic heterocycles. The van der Waals surface area contributed by atoms with Gasteiger partial charge in [0.15, 0.2) is 0 Å². The molecule has 2 amide bonds. The number of methoxy groups -OCH3 is 1. The molecule has 0 unspecified atom stereocenters. The van der Waals surface area contributed by atoms with E-state index in [1.807, 2.05) is 52.3 Å². The van der Waals surface area contributed by atoms with Crippen molar-refractivity contribution in [1.29, 1.82) is 0 Å². The molecule has 7 heteroatoms. The van der Waals surface area contributed by atoms with Gasteiger partial charge in [-0.2, -0.15) is 0 Å². The molecule has 4 rings (SSSR count). The second kappa shape index (κ2) is 10.6. The van der Waals surface area contributed by atoms with Crippen LogP contribution in [0.15, 0.2) is 48.7 Å². The van der Waals surface area contributed by atoms with E-state index in [2.05, 4.69) is 4.98 Å². The van der Waals surface area contributed by atoms with Crippen molar-refractivity contribution < 1.29 is 19.1 Å². The largest absolute Gasteiger partial charge is 0.497 e. The summed E-state index contributed by atoms with van der Waals surface area (Å²) in [6.45, 7) is 2.88. The van der Waals surface area contributed by atoms with Gasteiger partial charge >= 0.3 is 0 Å². The molecule has 2 fully saturated rings. The van der Waals surface area contributed by atoms with Crippen molar-refractivity contribution in [3.8, 4) is 5.75 Å². The third-order valence-electron chi connectivity index (χ3n) is 6.30. The first-order valence-electron chi connectivity index (χ1n) is 11.3. The number of aromatic nitrogens is 1. The molecule has 2 saturated heterocycles. The van der Waals surface area contributed by atoms with Crippen LogP contribution in [-0.2, 0) is 27.5 Å². The summed E-state index contributed by atoms with van der Waals surface area (Å²) in [4.78, 5) is 33.7. The topological polar surface area (TPSA) is 72.0 Å². The van der Waals surface area contributed by atoms with E-state index in [9.17, 15) is 9.59 Å². The Kier molecular flexibility index (Phi) is 7.37. The van der Waals surface area contributed by atoms with Crippen LogP contribution >= 0.6 is 0 Å². The third kappa shape index (κ3) is 5.65. The molecule has 0 aliphatic carbocycles. The summed E-state index contributed by atoms with van der Waals surface area (Å²) in [7, 11) is 1.63. The molecule has 0 radical (unpaired) electrons. The fourth-order valence-electron chi connectivity index (χ4n) is 4.45. The van der Waals surface area contributed by atoms with Gasteiger partial charge in [-0.25, -0.2) is 0 Å². The van der Waals surface area contributed by atoms with Gasteiger partial charge in [0.1, 0.15) is 5.75 Å². The van der Waals surface area contributed by atoms with Gasteiger partial charge in [0, 0.05) is 38.8 Å². The summed E-state index contributed by atoms with van der Waals surface area (Å²) in [6, 6.07) is 13.5. The van der Waals surface area contributed by atoms with Gasteiger partial charge in [-0.1, -0.05) is 18.2 Å². The van der Waals surface area contributed by atoms with E-state index in [0.29, 0.717) is 45.6 Å². The Morgan fingerprint density at radius 2 is 1.97 bits per heavy atom. The Morgan fingerprint density at radius 3 is 2.72 bits per heavy atom. The Morgan fingerprint density at radius 1 is 1.12 bits per heavy atom. The maximum Gasteiger partial charge on any atom is 0.227 e. The number of rotatable bonds is 7. The van der Waals surface area contributed by atoms with Crippen LogP contribution in [0.25, 0.3) is 0 Å². The summed E-state index contributed by atoms with van der Waals surface area (Å²) in [5.74, 6) is 0.909. The minimum atomic E-state index is -0.135. The van der Waals surface area contributed by atoms with Crippen molar-refractivity contribution in [3.05, 3.63) is 59.9 Å². The predicted molar refractivity (Wildman–Crippen MR) is 120 cm³/mol. The molecule has 3 heterocycles. The number of amides is 2. The molecule has 1 aromatic carbocycles. The highest BCUT2D eigenvalue weighted by Crippen LogP contribution is 2.25. The molecule has 170 valence electrons. The molecule has 7 nitrogen and oxygen atoms in total. The number of hydrogen-bond acceptors (Lipinski definition) is 5. The molecule has 32 heavy (non-hydrogen) atoms. The van der Waals surface area contributed by atoms with Crippen LogP contribution in [-0.4, -0.2) is 59.4 Å². The molecule has 0 saturated carbocycles. The number of hydrogen-bond donors (Lipinski definition) is 0. The summed E-state index contributed by atoms with van der Waals surface area (Å²) in [5.41, 5.74) is 1.94. The van der Waals surface area contributed by atoms with Crippen molar-refractivity contribution >= 4 is 11.8 Å². The van der Waals surface area contributed by atoms with Crippen LogP contribution in [0, 0.1) is 5.92 Å². The molecule has 0 spiro atoms. The van der Waals surface area contributed by atoms with Crippen molar-refractivity contribution in [2.75, 3.05) is 26.7 Å². The molecule has 1 aromatic heterocycles. The van der Waals surface area contributed by atoms with Crippen molar-refractivity contribution in [2.45, 2.75) is 44.9 Å². The summed E-state index contributed by atoms with van der Waals surface area (Å²) in [6.07, 6.45) is 4.63. The van der Waals surface area contributed by atoms with Crippen LogP contribution in [0.2, 0.25) is 0 Å². The van der Waals surface area contributed by atoms with Gasteiger partial charge in [0.25, 0.3) is 0 Å². The maximum absolute atomic E-state index is 13.2. The molecule has 1 atom stereocenters. The van der Waals surface area contributed by atoms with Crippen LogP contribution in [0.3, 0.4) is 0 Å². The second-order valence-corrected chi connectivity index (χ2v) is 8.52. The number of benzene rings is 1. The van der Waals surface area contributed by atoms with E-state index >= 15 is 0 Å². The summed E-state index contributed by atoms with van der Waals surface area (Å²) in [5, 5.41) is 0. The van der Waals surface area contributed by atoms with Gasteiger partial charge in [-0.05, 0) is 49.1 Å². The number of pyridine rings is 1. The normalized spacial score (nSPS) is 19.8. The first kappa shape index (κ1) is 22.3. The van der Waals surface area contributed by atoms with Crippen molar-refractivity contribution in [3.63, 3.8) is 0 Å². The number of piperidine rings is 2. The van der Waals surface area contributed by atoms with E-state index in [1.54, 1.807) is 13.3 Å². The molecular weight excluding hydrogens is 406 g/mol. The number of likely N-dealkylation sites (tertiary alicyclic amines) is 2. The number of ether oxygens (including phenoxy) is 2. The Hall–Kier alpha value is -2.93. The van der Waals surface area contributed by atoms with Crippen LogP contribution in [0.4, 0.5) is 0 Å². The lowest BCUT2D eigenvalue weighted by atomic mass is 9.94. The molecule has 0 bridgehead atoms. The van der Waals surface area contributed by atoms with E-state index in [1.165, 1.54) is 0 Å². The molecule has 0 N–H and O–H groups in total. The van der Waals surface area contributed by atoms with E-state index in [4.69, 9.17) is 9.47 Å². The maximum atomic E-state index is 13.2. The second-order valence-electron chi connectivity index (χ2n) is 8.52. The van der Waals surface area contributed by atoms with Crippen LogP contribution in [0.1, 0.15) is 36.9 Å². The van der Waals surface area contributed by atoms with Gasteiger partial charge in [-0.15, -0.1) is 0 Å². The fraction of sp³-hybridized carbons (Fsp3) is 0.480. The lowest BCUT2D eigenvalue weighted by molar-refractivity contribution is -0.145. The van der Waals surface area contributed by atoms with Crippen molar-refractivity contribution in [2.24, 2.45) is 5.92 Å². The Bertz CT molecular complexity index is 912. The third-order valence-corrected chi connectivity index (χ3v) is 6.30. The molecular formula is C25H31N3O4. The smallest absolute Gasteiger partial charge is 0.227 e. The number of carbonyl (C=O) groups excluding carboxylic acids is 2. The SMILES string of the molecule is COc1cccc(CN2C[C@@H](C(=O)N3CCC(OCc4ccccn4)CC3)CCC2=O)c1. The summed E-state index contributed by atoms with van der Waals surface area (Å²) < 4.78 is 11.3. The van der Waals surface area contributed by atoms with Gasteiger partial charge in [0.05, 0.1) is 31.4 Å². The number of nitrogens with zero attached hydrogens (tertiary/aromatic N) is 3. The zero-order valence-corrected chi connectivity index (χ0v) is 18.6. The van der Waals surface area contributed by atoms with Gasteiger partial charge in [0.2, 0.25) is 11.8 Å². The minimum Gasteiger partial charge on any atom is -0.497 e. The van der Waals surface area contributed by atoms with Crippen LogP contribution < -0.4 is 4.74 Å². The molecule has 2 aromatic rings. The molecule has 2 aliphatic rings. The standard InChI is InChI=1S/C25H31N3O4/c1-31-23-7-4-5-19(15-23)16-28-17-20(8-9-24(28)29)25(30)27-13-10-22(11-14-27)32-18-21-6-2-3-12-26-21/h2-7,12,15,20,22H,8-11,13-14,16-18H2,1H3/t20-/m0/s1. The lowest BCUT2D eigenvalue weighted by Gasteiger charge is -2.37. The average molecular weight is 438 g/mol. The quantitative estimate of drug-likeness (QED) is 0.666. The Balaban J connectivity index is 1.27. The van der Waals surface area contributed by atoms with Gasteiger partial charge in [-0.3, -0.25) is 14.6 Å².